The largest absolute Gasteiger partial charge is 0.459 e. The summed E-state index contributed by atoms with van der Waals surface area (Å²) in [6, 6.07) is -2.19. The van der Waals surface area contributed by atoms with E-state index in [2.05, 4.69) is 15.4 Å². The molecule has 7 N–H and O–H groups in total. The van der Waals surface area contributed by atoms with E-state index >= 15 is 0 Å². The van der Waals surface area contributed by atoms with E-state index in [0.29, 0.717) is 51.4 Å². The standard InChI is InChI=1S/C55H84N4O14S/c1-11-25-57-74(12-2)58-54(67)72-44-24-22-39(30-47(44)70-10)29-41(56)46-32-43(60)35(5)28-37(7)49(62)50(63)48(61)36(6)27-33(3)18-14-13-15-19-34(4)45(69-9)31-40-23-21-38(8)55(68,73-40)51(64)52(65)59-26-17-16-20-42(59)53(66)71-46/h1,12-15,18-19,28,33,35-36,38-42,44-47,49-50,57,62-63,68H,16-17,20-27,29-32,56H2,2-10H3,(H,58,67)/b15-13+,18-14+,34-19+,37-28+/t33-,35-,36-,38-,39+,40+,41-,42+,44-,45+,46+,47-,49-,50+,55-,74?/m1/s1. The van der Waals surface area contributed by atoms with E-state index in [1.54, 1.807) is 40.2 Å². The van der Waals surface area contributed by atoms with Crippen LogP contribution in [0.5, 0.6) is 0 Å². The Morgan fingerprint density at radius 2 is 1.69 bits per heavy atom. The molecule has 3 aliphatic heterocycles. The highest BCUT2D eigenvalue weighted by atomic mass is 32.2. The summed E-state index contributed by atoms with van der Waals surface area (Å²) in [5, 5.41) is 36.0. The van der Waals surface area contributed by atoms with E-state index in [4.69, 9.17) is 35.8 Å². The van der Waals surface area contributed by atoms with Crippen LogP contribution in [-0.4, -0.2) is 149 Å². The van der Waals surface area contributed by atoms with Crippen molar-refractivity contribution in [2.75, 3.05) is 27.3 Å². The van der Waals surface area contributed by atoms with Crippen LogP contribution in [0.4, 0.5) is 4.79 Å². The predicted molar refractivity (Wildman–Crippen MR) is 283 cm³/mol. The van der Waals surface area contributed by atoms with Crippen molar-refractivity contribution in [3.05, 3.63) is 47.6 Å². The first kappa shape index (κ1) is 62.2. The van der Waals surface area contributed by atoms with Gasteiger partial charge in [0.1, 0.15) is 36.2 Å². The van der Waals surface area contributed by atoms with Crippen molar-refractivity contribution in [3.8, 4) is 12.3 Å². The lowest BCUT2D eigenvalue weighted by Gasteiger charge is -2.42. The number of methoxy groups -OCH3 is 2. The molecule has 4 aliphatic rings. The Labute approximate surface area is 440 Å². The molecular formula is C55H84N4O14S. The van der Waals surface area contributed by atoms with Crippen molar-refractivity contribution in [3.63, 3.8) is 0 Å². The summed E-state index contributed by atoms with van der Waals surface area (Å²) in [5.74, 6) is -6.62. The monoisotopic (exact) mass is 1060 g/mol. The second kappa shape index (κ2) is 29.8. The molecule has 3 fully saturated rings. The highest BCUT2D eigenvalue weighted by Gasteiger charge is 2.53. The smallest absolute Gasteiger partial charge is 0.418 e. The summed E-state index contributed by atoms with van der Waals surface area (Å²) in [4.78, 5) is 84.7. The number of esters is 1. The Kier molecular flexibility index (Phi) is 25.0. The number of carbonyl (C=O) groups is 6. The van der Waals surface area contributed by atoms with Crippen molar-refractivity contribution in [2.45, 2.75) is 186 Å². The highest BCUT2D eigenvalue weighted by Crippen LogP contribution is 2.37. The van der Waals surface area contributed by atoms with E-state index in [0.717, 1.165) is 10.5 Å². The number of nitrogens with two attached hydrogens (primary N) is 1. The van der Waals surface area contributed by atoms with Gasteiger partial charge in [-0.3, -0.25) is 23.9 Å². The molecule has 0 radical (unpaired) electrons. The number of nitrogens with one attached hydrogen (secondary N) is 2. The predicted octanol–water partition coefficient (Wildman–Crippen LogP) is 5.10. The number of allylic oxidation sites excluding steroid dienone is 6. The number of aliphatic hydroxyl groups excluding tert-OH is 2. The number of piperidine rings is 1. The average Bonchev–Trinajstić information content (AvgIpc) is 3.38. The Bertz CT molecular complexity index is 2150. The molecule has 3 heterocycles. The van der Waals surface area contributed by atoms with Gasteiger partial charge in [0, 0.05) is 57.4 Å². The summed E-state index contributed by atoms with van der Waals surface area (Å²) in [6.07, 6.45) is 12.6. The van der Waals surface area contributed by atoms with Crippen LogP contribution in [0.25, 0.3) is 0 Å². The van der Waals surface area contributed by atoms with Crippen molar-refractivity contribution in [1.29, 1.82) is 0 Å². The zero-order chi connectivity index (χ0) is 54.9. The first-order valence-electron chi connectivity index (χ1n) is 26.1. The molecule has 0 spiro atoms. The number of hydrogen-bond donors (Lipinski definition) is 6. The van der Waals surface area contributed by atoms with Gasteiger partial charge in [0.2, 0.25) is 5.79 Å². The van der Waals surface area contributed by atoms with Crippen LogP contribution < -0.4 is 15.2 Å². The number of rotatable bonds is 9. The maximum absolute atomic E-state index is 14.5. The minimum atomic E-state index is -2.49. The minimum absolute atomic E-state index is 0.0166. The SMILES string of the molecule is C#CCNS(=CC)NC(=O)O[C@@H]1CC[C@@H](C[C@@H](N)[C@@H]2CC(=O)[C@H](C)/C=C(\C)[C@@H](O)[C@@H](O)C(=O)[C@H](C)C[C@H](C)/C=C/C=C/C=C(\C)[C@@H](OC)C[C@@H]3CC[C@@H](C)[C@@](O)(O3)C(=O)C(=O)N3CCCC[C@H]3C(=O)O2)C[C@H]1OC. The molecule has 0 aromatic carbocycles. The normalized spacial score (nSPS) is 37.2. The molecule has 414 valence electrons. The van der Waals surface area contributed by atoms with Gasteiger partial charge < -0.3 is 49.6 Å². The van der Waals surface area contributed by atoms with E-state index in [1.165, 1.54) is 20.1 Å². The number of nitrogens with zero attached hydrogens (tertiary/aromatic N) is 1. The number of hydrogen-bond acceptors (Lipinski definition) is 16. The van der Waals surface area contributed by atoms with Crippen LogP contribution in [0.1, 0.15) is 126 Å². The molecule has 1 saturated carbocycles. The Hall–Kier alpha value is -4.36. The Morgan fingerprint density at radius 3 is 2.36 bits per heavy atom. The van der Waals surface area contributed by atoms with E-state index in [9.17, 15) is 44.1 Å². The molecule has 1 aliphatic carbocycles. The summed E-state index contributed by atoms with van der Waals surface area (Å²) < 4.78 is 35.5. The van der Waals surface area contributed by atoms with Gasteiger partial charge in [-0.1, -0.05) is 70.1 Å². The van der Waals surface area contributed by atoms with Crippen LogP contribution in [-0.2, 0) is 47.7 Å². The maximum Gasteiger partial charge on any atom is 0.418 e. The number of amides is 2. The molecule has 2 saturated heterocycles. The van der Waals surface area contributed by atoms with E-state index < -0.39 is 125 Å². The minimum Gasteiger partial charge on any atom is -0.459 e. The number of fused-ring (bicyclic) bond motifs is 3. The summed E-state index contributed by atoms with van der Waals surface area (Å²) >= 11 is 0. The Morgan fingerprint density at radius 1 is 0.959 bits per heavy atom. The van der Waals surface area contributed by atoms with Gasteiger partial charge in [-0.05, 0) is 124 Å². The fourth-order valence-electron chi connectivity index (χ4n) is 10.3. The molecule has 16 atom stereocenters. The second-order valence-corrected chi connectivity index (χ2v) is 22.3. The number of terminal acetylenes is 1. The second-order valence-electron chi connectivity index (χ2n) is 20.6. The van der Waals surface area contributed by atoms with Crippen molar-refractivity contribution < 1.29 is 67.8 Å². The third-order valence-corrected chi connectivity index (χ3v) is 16.3. The number of ketones is 3. The van der Waals surface area contributed by atoms with Crippen LogP contribution in [0.3, 0.4) is 0 Å². The first-order valence-corrected chi connectivity index (χ1v) is 27.4. The number of aliphatic hydroxyl groups is 3. The van der Waals surface area contributed by atoms with Crippen LogP contribution >= 0.6 is 10.9 Å². The fraction of sp³-hybridized carbons (Fsp3) is 0.691. The third-order valence-electron chi connectivity index (χ3n) is 15.0. The molecule has 2 bridgehead atoms. The molecule has 74 heavy (non-hydrogen) atoms. The van der Waals surface area contributed by atoms with Gasteiger partial charge in [0.15, 0.2) is 5.78 Å². The van der Waals surface area contributed by atoms with Crippen molar-refractivity contribution in [1.82, 2.24) is 14.3 Å². The van der Waals surface area contributed by atoms with Gasteiger partial charge in [-0.2, -0.15) is 0 Å². The Balaban J connectivity index is 1.66. The van der Waals surface area contributed by atoms with Gasteiger partial charge >= 0.3 is 12.1 Å². The van der Waals surface area contributed by atoms with Gasteiger partial charge in [0.05, 0.1) is 24.9 Å². The van der Waals surface area contributed by atoms with Gasteiger partial charge in [-0.25, -0.2) is 14.3 Å². The van der Waals surface area contributed by atoms with Crippen molar-refractivity contribution >= 4 is 51.5 Å². The quantitative estimate of drug-likeness (QED) is 0.0577. The van der Waals surface area contributed by atoms with Gasteiger partial charge in [-0.15, -0.1) is 6.42 Å². The zero-order valence-electron chi connectivity index (χ0n) is 44.9. The van der Waals surface area contributed by atoms with Crippen LogP contribution in [0, 0.1) is 41.9 Å². The average molecular weight is 1060 g/mol. The topological polar surface area (TPSA) is 263 Å². The molecule has 0 aromatic heterocycles. The van der Waals surface area contributed by atoms with Crippen molar-refractivity contribution in [2.24, 2.45) is 35.3 Å². The van der Waals surface area contributed by atoms with E-state index in [1.807, 2.05) is 44.2 Å². The van der Waals surface area contributed by atoms with Crippen LogP contribution in [0.2, 0.25) is 0 Å². The lowest BCUT2D eigenvalue weighted by molar-refractivity contribution is -0.265. The fourth-order valence-corrected chi connectivity index (χ4v) is 11.2. The highest BCUT2D eigenvalue weighted by molar-refractivity contribution is 8.12. The van der Waals surface area contributed by atoms with Gasteiger partial charge in [0.25, 0.3) is 11.7 Å². The zero-order valence-corrected chi connectivity index (χ0v) is 45.7. The number of cyclic esters (lactones) is 1. The summed E-state index contributed by atoms with van der Waals surface area (Å²) in [5.41, 5.74) is 7.97. The maximum atomic E-state index is 14.5. The molecule has 0 aromatic rings. The third kappa shape index (κ3) is 17.3. The lowest BCUT2D eigenvalue weighted by atomic mass is 9.80. The first-order chi connectivity index (χ1) is 35.1. The molecule has 1 unspecified atom stereocenters. The lowest BCUT2D eigenvalue weighted by Crippen LogP contribution is -2.61. The summed E-state index contributed by atoms with van der Waals surface area (Å²) in [7, 11) is 2.25. The number of Topliss-reactive ketones (excluding diaryl/α,β-unsaturated/α-hetero) is 3. The molecule has 4 rings (SSSR count). The molecular weight excluding hydrogens is 973 g/mol. The summed E-state index contributed by atoms with van der Waals surface area (Å²) in [6.45, 7) is 12.3. The molecule has 18 nitrogen and oxygen atoms in total. The number of ether oxygens (including phenoxy) is 5. The van der Waals surface area contributed by atoms with E-state index in [-0.39, 0.29) is 56.2 Å². The van der Waals surface area contributed by atoms with Crippen LogP contribution in [0.15, 0.2) is 47.6 Å². The molecule has 19 heteroatoms. The molecule has 2 amide bonds. The number of carbonyl (C=O) groups excluding carboxylic acids is 6.